The average Bonchev–Trinajstić information content (AvgIpc) is 3.17. The number of anilines is 3. The lowest BCUT2D eigenvalue weighted by atomic mass is 9.87. The Morgan fingerprint density at radius 1 is 1.19 bits per heavy atom. The van der Waals surface area contributed by atoms with Gasteiger partial charge in [-0.25, -0.2) is 4.52 Å². The van der Waals surface area contributed by atoms with Crippen LogP contribution in [0.4, 0.5) is 17.2 Å². The topological polar surface area (TPSA) is 77.2 Å². The highest BCUT2D eigenvalue weighted by atomic mass is 15.3. The smallest absolute Gasteiger partial charge is 0.138 e. The molecule has 0 aliphatic carbocycles. The average molecular weight is 344 g/mol. The molecular formula is C20H20N6. The summed E-state index contributed by atoms with van der Waals surface area (Å²) in [6, 6.07) is 15.2. The molecule has 130 valence electrons. The maximum Gasteiger partial charge on any atom is 0.138 e. The third-order valence-electron chi connectivity index (χ3n) is 5.43. The van der Waals surface area contributed by atoms with Gasteiger partial charge in [0.15, 0.2) is 0 Å². The van der Waals surface area contributed by atoms with Crippen molar-refractivity contribution in [2.24, 2.45) is 0 Å². The number of nitrogens with one attached hydrogen (secondary N) is 3. The zero-order valence-electron chi connectivity index (χ0n) is 14.4. The molecule has 1 saturated heterocycles. The number of pyridine rings is 1. The second-order valence-corrected chi connectivity index (χ2v) is 6.97. The predicted molar refractivity (Wildman–Crippen MR) is 102 cm³/mol. The van der Waals surface area contributed by atoms with Gasteiger partial charge in [-0.05, 0) is 44.0 Å². The quantitative estimate of drug-likeness (QED) is 0.666. The zero-order chi connectivity index (χ0) is 17.5. The molecule has 2 aliphatic heterocycles. The SMILES string of the molecule is N#Cc1c2c(c(Nc3ccccc3)n3nccc13)CC1NCCC[C@@H]1N2. The summed E-state index contributed by atoms with van der Waals surface area (Å²) in [5.74, 6) is 0.934. The van der Waals surface area contributed by atoms with E-state index in [0.29, 0.717) is 17.6 Å². The van der Waals surface area contributed by atoms with Crippen LogP contribution in [0.5, 0.6) is 0 Å². The van der Waals surface area contributed by atoms with Crippen LogP contribution in [0.15, 0.2) is 42.6 Å². The monoisotopic (exact) mass is 344 g/mol. The van der Waals surface area contributed by atoms with Crippen molar-refractivity contribution in [1.29, 1.82) is 5.26 Å². The molecule has 1 unspecified atom stereocenters. The molecule has 0 radical (unpaired) electrons. The molecule has 1 aromatic carbocycles. The second kappa shape index (κ2) is 6.04. The van der Waals surface area contributed by atoms with Gasteiger partial charge in [0, 0.05) is 23.3 Å². The lowest BCUT2D eigenvalue weighted by Gasteiger charge is -2.39. The van der Waals surface area contributed by atoms with Gasteiger partial charge in [-0.1, -0.05) is 18.2 Å². The van der Waals surface area contributed by atoms with E-state index in [9.17, 15) is 5.26 Å². The Morgan fingerprint density at radius 3 is 2.92 bits per heavy atom. The van der Waals surface area contributed by atoms with Gasteiger partial charge in [0.2, 0.25) is 0 Å². The summed E-state index contributed by atoms with van der Waals surface area (Å²) >= 11 is 0. The molecule has 2 aliphatic rings. The van der Waals surface area contributed by atoms with Crippen molar-refractivity contribution in [3.8, 4) is 6.07 Å². The van der Waals surface area contributed by atoms with Crippen LogP contribution >= 0.6 is 0 Å². The molecular weight excluding hydrogens is 324 g/mol. The standard InChI is InChI=1S/C20H20N6/c21-12-15-18-8-10-23-26(18)20(24-13-5-2-1-3-6-13)14-11-17-16(25-19(14)15)7-4-9-22-17/h1-3,5-6,8,10,16-17,22,24-25H,4,7,9,11H2/t16-,17?/m0/s1. The number of hydrogen-bond acceptors (Lipinski definition) is 5. The van der Waals surface area contributed by atoms with E-state index < -0.39 is 0 Å². The highest BCUT2D eigenvalue weighted by Gasteiger charge is 2.34. The van der Waals surface area contributed by atoms with Gasteiger partial charge in [0.1, 0.15) is 17.5 Å². The first-order valence-electron chi connectivity index (χ1n) is 9.10. The number of para-hydroxylation sites is 1. The van der Waals surface area contributed by atoms with Crippen molar-refractivity contribution >= 4 is 22.7 Å². The van der Waals surface area contributed by atoms with Crippen LogP contribution in [0.25, 0.3) is 5.52 Å². The van der Waals surface area contributed by atoms with E-state index in [1.807, 2.05) is 40.9 Å². The van der Waals surface area contributed by atoms with Gasteiger partial charge < -0.3 is 16.0 Å². The summed E-state index contributed by atoms with van der Waals surface area (Å²) in [5.41, 5.74) is 4.61. The van der Waals surface area contributed by atoms with Gasteiger partial charge in [-0.3, -0.25) is 0 Å². The second-order valence-electron chi connectivity index (χ2n) is 6.97. The molecule has 6 nitrogen and oxygen atoms in total. The lowest BCUT2D eigenvalue weighted by molar-refractivity contribution is 0.357. The fourth-order valence-corrected chi connectivity index (χ4v) is 4.20. The number of aromatic nitrogens is 2. The van der Waals surface area contributed by atoms with Crippen molar-refractivity contribution in [1.82, 2.24) is 14.9 Å². The Balaban J connectivity index is 1.71. The first-order valence-corrected chi connectivity index (χ1v) is 9.10. The first kappa shape index (κ1) is 15.2. The van der Waals surface area contributed by atoms with Crippen LogP contribution in [-0.2, 0) is 6.42 Å². The molecule has 0 amide bonds. The Morgan fingerprint density at radius 2 is 2.08 bits per heavy atom. The van der Waals surface area contributed by atoms with E-state index in [1.165, 1.54) is 0 Å². The molecule has 3 N–H and O–H groups in total. The van der Waals surface area contributed by atoms with Crippen LogP contribution in [0.1, 0.15) is 24.0 Å². The molecule has 26 heavy (non-hydrogen) atoms. The molecule has 0 bridgehead atoms. The Labute approximate surface area is 151 Å². The number of nitriles is 1. The zero-order valence-corrected chi connectivity index (χ0v) is 14.4. The predicted octanol–water partition coefficient (Wildman–Crippen LogP) is 3.04. The van der Waals surface area contributed by atoms with Crippen LogP contribution in [0.2, 0.25) is 0 Å². The fourth-order valence-electron chi connectivity index (χ4n) is 4.20. The first-order chi connectivity index (χ1) is 12.8. The summed E-state index contributed by atoms with van der Waals surface area (Å²) in [7, 11) is 0. The molecule has 3 aromatic rings. The van der Waals surface area contributed by atoms with Crippen molar-refractivity contribution < 1.29 is 0 Å². The largest absolute Gasteiger partial charge is 0.379 e. The summed E-state index contributed by atoms with van der Waals surface area (Å²) in [6.45, 7) is 1.05. The van der Waals surface area contributed by atoms with Gasteiger partial charge in [-0.15, -0.1) is 0 Å². The molecule has 0 saturated carbocycles. The maximum absolute atomic E-state index is 9.82. The highest BCUT2D eigenvalue weighted by Crippen LogP contribution is 2.39. The summed E-state index contributed by atoms with van der Waals surface area (Å²) in [5, 5.41) is 25.1. The van der Waals surface area contributed by atoms with Gasteiger partial charge in [-0.2, -0.15) is 10.4 Å². The van der Waals surface area contributed by atoms with Crippen molar-refractivity contribution in [2.75, 3.05) is 17.2 Å². The van der Waals surface area contributed by atoms with E-state index in [4.69, 9.17) is 0 Å². The minimum Gasteiger partial charge on any atom is -0.379 e. The van der Waals surface area contributed by atoms with Crippen LogP contribution < -0.4 is 16.0 Å². The van der Waals surface area contributed by atoms with E-state index in [0.717, 1.165) is 54.1 Å². The Hall–Kier alpha value is -3.04. The molecule has 6 heteroatoms. The fraction of sp³-hybridized carbons (Fsp3) is 0.300. The summed E-state index contributed by atoms with van der Waals surface area (Å²) in [4.78, 5) is 0. The van der Waals surface area contributed by atoms with E-state index >= 15 is 0 Å². The Bertz CT molecular complexity index is 1000. The van der Waals surface area contributed by atoms with Gasteiger partial charge >= 0.3 is 0 Å². The summed E-state index contributed by atoms with van der Waals surface area (Å²) < 4.78 is 1.86. The highest BCUT2D eigenvalue weighted by molar-refractivity contribution is 5.83. The maximum atomic E-state index is 9.82. The van der Waals surface area contributed by atoms with E-state index in [1.54, 1.807) is 6.20 Å². The minimum absolute atomic E-state index is 0.373. The molecule has 5 rings (SSSR count). The van der Waals surface area contributed by atoms with Gasteiger partial charge in [0.25, 0.3) is 0 Å². The number of hydrogen-bond donors (Lipinski definition) is 3. The van der Waals surface area contributed by atoms with Crippen LogP contribution in [0.3, 0.4) is 0 Å². The molecule has 4 heterocycles. The Kier molecular flexibility index (Phi) is 3.54. The molecule has 2 aromatic heterocycles. The van der Waals surface area contributed by atoms with E-state index in [2.05, 4.69) is 27.1 Å². The van der Waals surface area contributed by atoms with Gasteiger partial charge in [0.05, 0.1) is 17.4 Å². The van der Waals surface area contributed by atoms with Crippen molar-refractivity contribution in [3.05, 3.63) is 53.7 Å². The molecule has 2 atom stereocenters. The minimum atomic E-state index is 0.373. The number of benzene rings is 1. The van der Waals surface area contributed by atoms with Crippen molar-refractivity contribution in [3.63, 3.8) is 0 Å². The lowest BCUT2D eigenvalue weighted by Crippen LogP contribution is -2.52. The molecule has 0 spiro atoms. The number of fused-ring (bicyclic) bond motifs is 3. The molecule has 1 fully saturated rings. The van der Waals surface area contributed by atoms with Crippen LogP contribution in [0, 0.1) is 11.3 Å². The number of nitrogens with zero attached hydrogens (tertiary/aromatic N) is 3. The summed E-state index contributed by atoms with van der Waals surface area (Å²) in [6.07, 6.45) is 4.93. The van der Waals surface area contributed by atoms with Crippen molar-refractivity contribution in [2.45, 2.75) is 31.3 Å². The van der Waals surface area contributed by atoms with E-state index in [-0.39, 0.29) is 0 Å². The third-order valence-corrected chi connectivity index (χ3v) is 5.43. The number of rotatable bonds is 2. The number of piperidine rings is 1. The third kappa shape index (κ3) is 2.32. The van der Waals surface area contributed by atoms with Crippen LogP contribution in [-0.4, -0.2) is 28.2 Å². The normalized spacial score (nSPS) is 21.3.